The van der Waals surface area contributed by atoms with Crippen molar-refractivity contribution in [1.82, 2.24) is 0 Å². The molecule has 2 nitrogen and oxygen atoms in total. The van der Waals surface area contributed by atoms with E-state index in [2.05, 4.69) is 26.0 Å². The first kappa shape index (κ1) is 11.6. The van der Waals surface area contributed by atoms with Crippen LogP contribution < -0.4 is 0 Å². The van der Waals surface area contributed by atoms with Crippen molar-refractivity contribution in [2.24, 2.45) is 5.92 Å². The summed E-state index contributed by atoms with van der Waals surface area (Å²) in [6, 6.07) is 6.24. The molecule has 1 aliphatic rings. The summed E-state index contributed by atoms with van der Waals surface area (Å²) in [6.45, 7) is 5.67. The van der Waals surface area contributed by atoms with Crippen LogP contribution in [-0.4, -0.2) is 18.3 Å². The lowest BCUT2D eigenvalue weighted by Crippen LogP contribution is -2.24. The number of aliphatic hydroxyl groups is 1. The van der Waals surface area contributed by atoms with Gasteiger partial charge in [0, 0.05) is 12.5 Å². The minimum absolute atomic E-state index is 0.259. The van der Waals surface area contributed by atoms with Gasteiger partial charge in [-0.25, -0.2) is 0 Å². The number of aryl methyl sites for hydroxylation is 2. The quantitative estimate of drug-likeness (QED) is 0.830. The molecule has 1 aromatic rings. The van der Waals surface area contributed by atoms with Gasteiger partial charge >= 0.3 is 0 Å². The molecule has 2 unspecified atom stereocenters. The molecule has 1 N–H and O–H groups in total. The predicted octanol–water partition coefficient (Wildman–Crippen LogP) is 2.76. The van der Waals surface area contributed by atoms with E-state index in [1.807, 2.05) is 6.07 Å². The lowest BCUT2D eigenvalue weighted by molar-refractivity contribution is -0.0102. The van der Waals surface area contributed by atoms with Gasteiger partial charge < -0.3 is 9.84 Å². The van der Waals surface area contributed by atoms with E-state index in [-0.39, 0.29) is 12.0 Å². The smallest absolute Gasteiger partial charge is 0.0842 e. The van der Waals surface area contributed by atoms with Crippen LogP contribution in [0.15, 0.2) is 18.2 Å². The highest BCUT2D eigenvalue weighted by Gasteiger charge is 2.24. The molecule has 88 valence electrons. The Bertz CT molecular complexity index is 354. The van der Waals surface area contributed by atoms with Gasteiger partial charge in [-0.15, -0.1) is 0 Å². The van der Waals surface area contributed by atoms with E-state index in [1.165, 1.54) is 11.1 Å². The number of hydrogen-bond donors (Lipinski definition) is 1. The first-order chi connectivity index (χ1) is 7.68. The monoisotopic (exact) mass is 220 g/mol. The lowest BCUT2D eigenvalue weighted by Gasteiger charge is -2.27. The van der Waals surface area contributed by atoms with Gasteiger partial charge in [-0.1, -0.05) is 23.8 Å². The minimum Gasteiger partial charge on any atom is -0.388 e. The molecule has 1 aromatic carbocycles. The highest BCUT2D eigenvalue weighted by atomic mass is 16.5. The van der Waals surface area contributed by atoms with Crippen molar-refractivity contribution in [3.8, 4) is 0 Å². The van der Waals surface area contributed by atoms with Gasteiger partial charge in [0.2, 0.25) is 0 Å². The summed E-state index contributed by atoms with van der Waals surface area (Å²) in [5.41, 5.74) is 3.48. The van der Waals surface area contributed by atoms with Crippen molar-refractivity contribution >= 4 is 0 Å². The first-order valence-electron chi connectivity index (χ1n) is 6.01. The summed E-state index contributed by atoms with van der Waals surface area (Å²) in [4.78, 5) is 0. The fourth-order valence-corrected chi connectivity index (χ4v) is 2.43. The van der Waals surface area contributed by atoms with Crippen LogP contribution in [0.5, 0.6) is 0 Å². The summed E-state index contributed by atoms with van der Waals surface area (Å²) in [5, 5.41) is 10.3. The Balaban J connectivity index is 2.15. The second-order valence-corrected chi connectivity index (χ2v) is 4.78. The SMILES string of the molecule is Cc1ccc(C(O)C2CCCOC2)c(C)c1. The minimum atomic E-state index is -0.374. The Morgan fingerprint density at radius 2 is 2.19 bits per heavy atom. The summed E-state index contributed by atoms with van der Waals surface area (Å²) < 4.78 is 5.43. The summed E-state index contributed by atoms with van der Waals surface area (Å²) in [5.74, 6) is 0.259. The maximum Gasteiger partial charge on any atom is 0.0842 e. The molecule has 0 amide bonds. The Hall–Kier alpha value is -0.860. The van der Waals surface area contributed by atoms with Crippen molar-refractivity contribution in [3.63, 3.8) is 0 Å². The Morgan fingerprint density at radius 1 is 1.38 bits per heavy atom. The second kappa shape index (κ2) is 4.98. The molecule has 1 fully saturated rings. The van der Waals surface area contributed by atoms with Gasteiger partial charge in [0.25, 0.3) is 0 Å². The molecule has 16 heavy (non-hydrogen) atoms. The van der Waals surface area contributed by atoms with Crippen LogP contribution in [-0.2, 0) is 4.74 Å². The highest BCUT2D eigenvalue weighted by molar-refractivity contribution is 5.32. The maximum absolute atomic E-state index is 10.3. The standard InChI is InChI=1S/C14H20O2/c1-10-5-6-13(11(2)8-10)14(15)12-4-3-7-16-9-12/h5-6,8,12,14-15H,3-4,7,9H2,1-2H3. The van der Waals surface area contributed by atoms with Gasteiger partial charge in [-0.3, -0.25) is 0 Å². The third kappa shape index (κ3) is 2.45. The predicted molar refractivity (Wildman–Crippen MR) is 64.4 cm³/mol. The number of aliphatic hydroxyl groups excluding tert-OH is 1. The molecular weight excluding hydrogens is 200 g/mol. The molecular formula is C14H20O2. The highest BCUT2D eigenvalue weighted by Crippen LogP contribution is 2.30. The third-order valence-electron chi connectivity index (χ3n) is 3.39. The topological polar surface area (TPSA) is 29.5 Å². The molecule has 1 heterocycles. The van der Waals surface area contributed by atoms with Crippen LogP contribution in [0.1, 0.15) is 35.6 Å². The van der Waals surface area contributed by atoms with Gasteiger partial charge in [0.1, 0.15) is 0 Å². The Labute approximate surface area is 97.3 Å². The molecule has 1 aliphatic heterocycles. The van der Waals surface area contributed by atoms with Gasteiger partial charge in [-0.05, 0) is 37.8 Å². The molecule has 1 saturated heterocycles. The average Bonchev–Trinajstić information content (AvgIpc) is 2.29. The van der Waals surface area contributed by atoms with Gasteiger partial charge in [0.15, 0.2) is 0 Å². The number of ether oxygens (including phenoxy) is 1. The van der Waals surface area contributed by atoms with Gasteiger partial charge in [0.05, 0.1) is 12.7 Å². The van der Waals surface area contributed by atoms with E-state index in [0.29, 0.717) is 6.61 Å². The lowest BCUT2D eigenvalue weighted by atomic mass is 9.88. The van der Waals surface area contributed by atoms with Crippen LogP contribution in [0.3, 0.4) is 0 Å². The zero-order valence-electron chi connectivity index (χ0n) is 10.1. The maximum atomic E-state index is 10.3. The van der Waals surface area contributed by atoms with E-state index in [1.54, 1.807) is 0 Å². The second-order valence-electron chi connectivity index (χ2n) is 4.78. The average molecular weight is 220 g/mol. The first-order valence-corrected chi connectivity index (χ1v) is 6.01. The molecule has 0 radical (unpaired) electrons. The van der Waals surface area contributed by atoms with Crippen LogP contribution in [0.25, 0.3) is 0 Å². The van der Waals surface area contributed by atoms with Crippen LogP contribution in [0.4, 0.5) is 0 Å². The van der Waals surface area contributed by atoms with Crippen LogP contribution >= 0.6 is 0 Å². The van der Waals surface area contributed by atoms with E-state index >= 15 is 0 Å². The molecule has 0 aliphatic carbocycles. The normalized spacial score (nSPS) is 23.1. The van der Waals surface area contributed by atoms with Crippen molar-refractivity contribution in [3.05, 3.63) is 34.9 Å². The molecule has 0 bridgehead atoms. The van der Waals surface area contributed by atoms with Crippen LogP contribution in [0, 0.1) is 19.8 Å². The van der Waals surface area contributed by atoms with E-state index in [9.17, 15) is 5.11 Å². The molecule has 2 rings (SSSR count). The number of benzene rings is 1. The molecule has 0 aromatic heterocycles. The van der Waals surface area contributed by atoms with Crippen molar-refractivity contribution in [2.75, 3.05) is 13.2 Å². The molecule has 0 saturated carbocycles. The van der Waals surface area contributed by atoms with Crippen molar-refractivity contribution in [1.29, 1.82) is 0 Å². The zero-order valence-corrected chi connectivity index (χ0v) is 10.1. The summed E-state index contributed by atoms with van der Waals surface area (Å²) in [6.07, 6.45) is 1.75. The Morgan fingerprint density at radius 3 is 2.81 bits per heavy atom. The summed E-state index contributed by atoms with van der Waals surface area (Å²) >= 11 is 0. The molecule has 2 atom stereocenters. The Kier molecular flexibility index (Phi) is 3.62. The van der Waals surface area contributed by atoms with Crippen LogP contribution in [0.2, 0.25) is 0 Å². The number of rotatable bonds is 2. The zero-order chi connectivity index (χ0) is 11.5. The largest absolute Gasteiger partial charge is 0.388 e. The van der Waals surface area contributed by atoms with E-state index in [4.69, 9.17) is 4.74 Å². The fourth-order valence-electron chi connectivity index (χ4n) is 2.43. The fraction of sp³-hybridized carbons (Fsp3) is 0.571. The summed E-state index contributed by atoms with van der Waals surface area (Å²) in [7, 11) is 0. The molecule has 0 spiro atoms. The van der Waals surface area contributed by atoms with Gasteiger partial charge in [-0.2, -0.15) is 0 Å². The van der Waals surface area contributed by atoms with E-state index in [0.717, 1.165) is 25.0 Å². The number of hydrogen-bond acceptors (Lipinski definition) is 2. The third-order valence-corrected chi connectivity index (χ3v) is 3.39. The van der Waals surface area contributed by atoms with Crippen molar-refractivity contribution < 1.29 is 9.84 Å². The van der Waals surface area contributed by atoms with E-state index < -0.39 is 0 Å². The molecule has 2 heteroatoms. The van der Waals surface area contributed by atoms with Crippen molar-refractivity contribution in [2.45, 2.75) is 32.8 Å².